The Kier molecular flexibility index (Phi) is 5.04. The summed E-state index contributed by atoms with van der Waals surface area (Å²) < 4.78 is 16.4. The van der Waals surface area contributed by atoms with E-state index in [1.54, 1.807) is 0 Å². The van der Waals surface area contributed by atoms with Gasteiger partial charge in [0.05, 0.1) is 13.2 Å². The van der Waals surface area contributed by atoms with E-state index < -0.39 is 0 Å². The minimum absolute atomic E-state index is 0.256. The Morgan fingerprint density at radius 3 is 2.33 bits per heavy atom. The fourth-order valence-corrected chi connectivity index (χ4v) is 2.19. The molecule has 0 atom stereocenters. The molecule has 0 saturated heterocycles. The van der Waals surface area contributed by atoms with Crippen molar-refractivity contribution in [3.63, 3.8) is 0 Å². The van der Waals surface area contributed by atoms with Crippen molar-refractivity contribution in [2.75, 3.05) is 13.2 Å². The van der Waals surface area contributed by atoms with Crippen molar-refractivity contribution in [3.8, 4) is 11.5 Å². The molecule has 0 radical (unpaired) electrons. The topological polar surface area (TPSA) is 44.8 Å². The summed E-state index contributed by atoms with van der Waals surface area (Å²) >= 11 is 0. The maximum absolute atomic E-state index is 11.0. The Morgan fingerprint density at radius 1 is 1.05 bits per heavy atom. The summed E-state index contributed by atoms with van der Waals surface area (Å²) in [6.07, 6.45) is 0. The van der Waals surface area contributed by atoms with Gasteiger partial charge in [-0.05, 0) is 42.3 Å². The first-order valence-electron chi connectivity index (χ1n) is 7.10. The second-order valence-electron chi connectivity index (χ2n) is 4.58. The molecule has 4 heteroatoms. The number of carbonyl (C=O) groups excluding carboxylic acids is 1. The molecule has 0 heterocycles. The van der Waals surface area contributed by atoms with E-state index in [4.69, 9.17) is 14.2 Å². The van der Waals surface area contributed by atoms with Crippen molar-refractivity contribution in [3.05, 3.63) is 35.9 Å². The molecule has 0 aromatic heterocycles. The number of ether oxygens (including phenoxy) is 3. The predicted octanol–water partition coefficient (Wildman–Crippen LogP) is 3.70. The molecule has 2 aromatic rings. The highest BCUT2D eigenvalue weighted by Gasteiger charge is 2.10. The molecule has 0 N–H and O–H groups in total. The Hall–Kier alpha value is -2.23. The lowest BCUT2D eigenvalue weighted by Gasteiger charge is -2.14. The fourth-order valence-electron chi connectivity index (χ4n) is 2.19. The normalized spacial score (nSPS) is 10.4. The number of hydrogen-bond acceptors (Lipinski definition) is 4. The molecule has 2 aromatic carbocycles. The van der Waals surface area contributed by atoms with Crippen LogP contribution in [0.25, 0.3) is 10.8 Å². The molecule has 0 saturated carbocycles. The minimum Gasteiger partial charge on any atom is -0.490 e. The standard InChI is InChI=1S/C17H20O4/c1-4-19-16-9-13-7-6-8-14(11-21-12(3)18)15(13)10-17(16)20-5-2/h6-10H,4-5,11H2,1-3H3. The molecule has 0 bridgehead atoms. The van der Waals surface area contributed by atoms with Gasteiger partial charge in [0.25, 0.3) is 0 Å². The SMILES string of the molecule is CCOc1cc2cccc(COC(C)=O)c2cc1OCC. The van der Waals surface area contributed by atoms with Gasteiger partial charge in [-0.1, -0.05) is 18.2 Å². The highest BCUT2D eigenvalue weighted by Crippen LogP contribution is 2.34. The van der Waals surface area contributed by atoms with Crippen LogP contribution in [0.4, 0.5) is 0 Å². The molecule has 0 aliphatic heterocycles. The summed E-state index contributed by atoms with van der Waals surface area (Å²) in [6.45, 7) is 6.69. The van der Waals surface area contributed by atoms with Crippen LogP contribution in [0.3, 0.4) is 0 Å². The van der Waals surface area contributed by atoms with Crippen molar-refractivity contribution in [2.24, 2.45) is 0 Å². The van der Waals surface area contributed by atoms with Crippen LogP contribution in [0.2, 0.25) is 0 Å². The number of esters is 1. The van der Waals surface area contributed by atoms with E-state index in [9.17, 15) is 4.79 Å². The predicted molar refractivity (Wildman–Crippen MR) is 81.8 cm³/mol. The molecule has 0 fully saturated rings. The van der Waals surface area contributed by atoms with Crippen LogP contribution in [0.5, 0.6) is 11.5 Å². The van der Waals surface area contributed by atoms with Crippen molar-refractivity contribution in [2.45, 2.75) is 27.4 Å². The minimum atomic E-state index is -0.289. The van der Waals surface area contributed by atoms with Crippen molar-refractivity contribution >= 4 is 16.7 Å². The van der Waals surface area contributed by atoms with Gasteiger partial charge in [-0.2, -0.15) is 0 Å². The zero-order chi connectivity index (χ0) is 15.2. The van der Waals surface area contributed by atoms with E-state index in [1.165, 1.54) is 6.92 Å². The Bertz CT molecular complexity index is 634. The van der Waals surface area contributed by atoms with Crippen LogP contribution in [-0.4, -0.2) is 19.2 Å². The third kappa shape index (κ3) is 3.66. The highest BCUT2D eigenvalue weighted by molar-refractivity contribution is 5.89. The van der Waals surface area contributed by atoms with Crippen molar-refractivity contribution < 1.29 is 19.0 Å². The monoisotopic (exact) mass is 288 g/mol. The molecular formula is C17H20O4. The highest BCUT2D eigenvalue weighted by atomic mass is 16.5. The van der Waals surface area contributed by atoms with Crippen LogP contribution in [0, 0.1) is 0 Å². The molecule has 0 aliphatic rings. The number of hydrogen-bond donors (Lipinski definition) is 0. The quantitative estimate of drug-likeness (QED) is 0.760. The first-order valence-corrected chi connectivity index (χ1v) is 7.10. The van der Waals surface area contributed by atoms with E-state index in [0.29, 0.717) is 19.0 Å². The van der Waals surface area contributed by atoms with Gasteiger partial charge in [0, 0.05) is 6.92 Å². The second kappa shape index (κ2) is 6.97. The summed E-state index contributed by atoms with van der Waals surface area (Å²) in [5.74, 6) is 1.15. The first kappa shape index (κ1) is 15.2. The van der Waals surface area contributed by atoms with Crippen molar-refractivity contribution in [1.82, 2.24) is 0 Å². The fraction of sp³-hybridized carbons (Fsp3) is 0.353. The van der Waals surface area contributed by atoms with E-state index in [0.717, 1.165) is 22.1 Å². The van der Waals surface area contributed by atoms with E-state index >= 15 is 0 Å². The van der Waals surface area contributed by atoms with Gasteiger partial charge in [-0.15, -0.1) is 0 Å². The average molecular weight is 288 g/mol. The molecular weight excluding hydrogens is 268 g/mol. The number of benzene rings is 2. The summed E-state index contributed by atoms with van der Waals surface area (Å²) in [4.78, 5) is 11.0. The smallest absolute Gasteiger partial charge is 0.302 e. The van der Waals surface area contributed by atoms with Crippen LogP contribution in [0.1, 0.15) is 26.3 Å². The molecule has 4 nitrogen and oxygen atoms in total. The van der Waals surface area contributed by atoms with Gasteiger partial charge >= 0.3 is 5.97 Å². The summed E-state index contributed by atoms with van der Waals surface area (Å²) in [7, 11) is 0. The number of fused-ring (bicyclic) bond motifs is 1. The van der Waals surface area contributed by atoms with Crippen LogP contribution < -0.4 is 9.47 Å². The first-order chi connectivity index (χ1) is 10.2. The summed E-state index contributed by atoms with van der Waals surface area (Å²) in [5.41, 5.74) is 0.951. The number of carbonyl (C=O) groups is 1. The van der Waals surface area contributed by atoms with E-state index in [2.05, 4.69) is 0 Å². The zero-order valence-corrected chi connectivity index (χ0v) is 12.6. The second-order valence-corrected chi connectivity index (χ2v) is 4.58. The van der Waals surface area contributed by atoms with Gasteiger partial charge in [0.2, 0.25) is 0 Å². The van der Waals surface area contributed by atoms with Gasteiger partial charge in [-0.25, -0.2) is 0 Å². The largest absolute Gasteiger partial charge is 0.490 e. The third-order valence-electron chi connectivity index (χ3n) is 3.07. The molecule has 2 rings (SSSR count). The Morgan fingerprint density at radius 2 is 1.71 bits per heavy atom. The van der Waals surface area contributed by atoms with Crippen LogP contribution in [-0.2, 0) is 16.1 Å². The Labute approximate surface area is 124 Å². The molecule has 0 spiro atoms. The summed E-state index contributed by atoms with van der Waals surface area (Å²) in [5, 5.41) is 2.04. The van der Waals surface area contributed by atoms with E-state index in [1.807, 2.05) is 44.2 Å². The maximum atomic E-state index is 11.0. The van der Waals surface area contributed by atoms with Gasteiger partial charge in [-0.3, -0.25) is 4.79 Å². The average Bonchev–Trinajstić information content (AvgIpc) is 2.46. The molecule has 0 aliphatic carbocycles. The lowest BCUT2D eigenvalue weighted by molar-refractivity contribution is -0.142. The lowest BCUT2D eigenvalue weighted by atomic mass is 10.0. The summed E-state index contributed by atoms with van der Waals surface area (Å²) in [6, 6.07) is 9.80. The molecule has 21 heavy (non-hydrogen) atoms. The van der Waals surface area contributed by atoms with E-state index in [-0.39, 0.29) is 12.6 Å². The van der Waals surface area contributed by atoms with Crippen LogP contribution in [0.15, 0.2) is 30.3 Å². The molecule has 112 valence electrons. The maximum Gasteiger partial charge on any atom is 0.302 e. The zero-order valence-electron chi connectivity index (χ0n) is 12.6. The Balaban J connectivity index is 2.47. The van der Waals surface area contributed by atoms with Gasteiger partial charge in [0.1, 0.15) is 6.61 Å². The lowest BCUT2D eigenvalue weighted by Crippen LogP contribution is -2.01. The third-order valence-corrected chi connectivity index (χ3v) is 3.07. The molecule has 0 amide bonds. The number of rotatable bonds is 6. The van der Waals surface area contributed by atoms with Gasteiger partial charge in [0.15, 0.2) is 11.5 Å². The van der Waals surface area contributed by atoms with Crippen molar-refractivity contribution in [1.29, 1.82) is 0 Å². The molecule has 0 unspecified atom stereocenters. The van der Waals surface area contributed by atoms with Gasteiger partial charge < -0.3 is 14.2 Å². The van der Waals surface area contributed by atoms with Crippen LogP contribution >= 0.6 is 0 Å².